The van der Waals surface area contributed by atoms with Crippen LogP contribution in [0.5, 0.6) is 0 Å². The third-order valence-corrected chi connectivity index (χ3v) is 5.38. The molecule has 8 heteroatoms. The average molecular weight is 404 g/mol. The number of amides is 2. The SMILES string of the molecule is C=CC(=O)N1CCC(Nc2cnc3[nH]cc(-c4cccc(C(=O)NC)c4)c3n2)CC1. The molecule has 2 amide bonds. The van der Waals surface area contributed by atoms with Crippen LogP contribution in [0.25, 0.3) is 22.3 Å². The number of likely N-dealkylation sites (tertiary alicyclic amines) is 1. The number of benzene rings is 1. The van der Waals surface area contributed by atoms with E-state index >= 15 is 0 Å². The predicted molar refractivity (Wildman–Crippen MR) is 116 cm³/mol. The summed E-state index contributed by atoms with van der Waals surface area (Å²) in [4.78, 5) is 37.9. The first-order valence-electron chi connectivity index (χ1n) is 9.93. The van der Waals surface area contributed by atoms with E-state index in [1.54, 1.807) is 19.3 Å². The minimum Gasteiger partial charge on any atom is -0.366 e. The van der Waals surface area contributed by atoms with Crippen molar-refractivity contribution in [3.8, 4) is 11.1 Å². The van der Waals surface area contributed by atoms with Gasteiger partial charge in [0.1, 0.15) is 11.3 Å². The smallest absolute Gasteiger partial charge is 0.251 e. The van der Waals surface area contributed by atoms with Gasteiger partial charge in [0.05, 0.1) is 6.20 Å². The number of hydrogen-bond donors (Lipinski definition) is 3. The lowest BCUT2D eigenvalue weighted by Gasteiger charge is -2.31. The second-order valence-electron chi connectivity index (χ2n) is 7.26. The molecule has 1 aliphatic rings. The number of nitrogens with zero attached hydrogens (tertiary/aromatic N) is 3. The molecule has 1 aliphatic heterocycles. The third kappa shape index (κ3) is 3.89. The van der Waals surface area contributed by atoms with Crippen molar-refractivity contribution in [2.75, 3.05) is 25.5 Å². The van der Waals surface area contributed by atoms with Gasteiger partial charge in [-0.1, -0.05) is 18.7 Å². The van der Waals surface area contributed by atoms with Crippen LogP contribution in [-0.4, -0.2) is 57.8 Å². The number of hydrogen-bond acceptors (Lipinski definition) is 5. The van der Waals surface area contributed by atoms with Gasteiger partial charge < -0.3 is 20.5 Å². The minimum atomic E-state index is -0.133. The van der Waals surface area contributed by atoms with E-state index in [0.717, 1.165) is 29.5 Å². The number of H-pyrrole nitrogens is 1. The van der Waals surface area contributed by atoms with Gasteiger partial charge in [-0.2, -0.15) is 0 Å². The Morgan fingerprint density at radius 1 is 1.30 bits per heavy atom. The summed E-state index contributed by atoms with van der Waals surface area (Å²) in [6, 6.07) is 7.65. The van der Waals surface area contributed by atoms with Gasteiger partial charge in [-0.05, 0) is 36.6 Å². The molecule has 3 heterocycles. The zero-order valence-corrected chi connectivity index (χ0v) is 16.8. The molecule has 1 fully saturated rings. The molecule has 0 aliphatic carbocycles. The molecule has 3 N–H and O–H groups in total. The van der Waals surface area contributed by atoms with Gasteiger partial charge in [-0.3, -0.25) is 9.59 Å². The van der Waals surface area contributed by atoms with E-state index < -0.39 is 0 Å². The molecule has 0 radical (unpaired) electrons. The van der Waals surface area contributed by atoms with E-state index in [9.17, 15) is 9.59 Å². The number of aromatic amines is 1. The Kier molecular flexibility index (Phi) is 5.47. The van der Waals surface area contributed by atoms with Crippen LogP contribution in [-0.2, 0) is 4.79 Å². The fourth-order valence-corrected chi connectivity index (χ4v) is 3.74. The molecule has 0 unspecified atom stereocenters. The number of rotatable bonds is 5. The van der Waals surface area contributed by atoms with Gasteiger partial charge >= 0.3 is 0 Å². The maximum Gasteiger partial charge on any atom is 0.251 e. The van der Waals surface area contributed by atoms with Crippen LogP contribution >= 0.6 is 0 Å². The van der Waals surface area contributed by atoms with Crippen LogP contribution in [0.2, 0.25) is 0 Å². The van der Waals surface area contributed by atoms with Crippen LogP contribution in [0.3, 0.4) is 0 Å². The Balaban J connectivity index is 1.55. The molecule has 3 aromatic rings. The summed E-state index contributed by atoms with van der Waals surface area (Å²) in [6.07, 6.45) is 6.61. The molecule has 154 valence electrons. The summed E-state index contributed by atoms with van der Waals surface area (Å²) in [5, 5.41) is 6.09. The van der Waals surface area contributed by atoms with Gasteiger partial charge in [0, 0.05) is 43.5 Å². The van der Waals surface area contributed by atoms with Gasteiger partial charge in [-0.25, -0.2) is 9.97 Å². The highest BCUT2D eigenvalue weighted by Crippen LogP contribution is 2.28. The molecule has 0 atom stereocenters. The third-order valence-electron chi connectivity index (χ3n) is 5.38. The molecule has 1 aromatic carbocycles. The Morgan fingerprint density at radius 3 is 2.83 bits per heavy atom. The maximum atomic E-state index is 12.0. The molecule has 0 spiro atoms. The molecule has 0 bridgehead atoms. The van der Waals surface area contributed by atoms with Crippen molar-refractivity contribution in [3.63, 3.8) is 0 Å². The second kappa shape index (κ2) is 8.36. The van der Waals surface area contributed by atoms with Crippen molar-refractivity contribution in [1.29, 1.82) is 0 Å². The fourth-order valence-electron chi connectivity index (χ4n) is 3.74. The number of carbonyl (C=O) groups is 2. The number of piperidine rings is 1. The van der Waals surface area contributed by atoms with Crippen molar-refractivity contribution in [2.24, 2.45) is 0 Å². The summed E-state index contributed by atoms with van der Waals surface area (Å²) in [6.45, 7) is 4.94. The Morgan fingerprint density at radius 2 is 2.10 bits per heavy atom. The van der Waals surface area contributed by atoms with Gasteiger partial charge in [0.2, 0.25) is 5.91 Å². The molecular weight excluding hydrogens is 380 g/mol. The molecule has 4 rings (SSSR count). The monoisotopic (exact) mass is 404 g/mol. The maximum absolute atomic E-state index is 12.0. The summed E-state index contributed by atoms with van der Waals surface area (Å²) in [5.74, 6) is 0.538. The lowest BCUT2D eigenvalue weighted by molar-refractivity contribution is -0.126. The Hall–Kier alpha value is -3.68. The summed E-state index contributed by atoms with van der Waals surface area (Å²) in [7, 11) is 1.61. The van der Waals surface area contributed by atoms with E-state index in [-0.39, 0.29) is 17.9 Å². The first-order chi connectivity index (χ1) is 14.6. The Bertz CT molecular complexity index is 1100. The Labute approximate surface area is 174 Å². The number of nitrogens with one attached hydrogen (secondary N) is 3. The van der Waals surface area contributed by atoms with E-state index in [2.05, 4.69) is 27.2 Å². The summed E-state index contributed by atoms with van der Waals surface area (Å²) < 4.78 is 0. The van der Waals surface area contributed by atoms with Crippen LogP contribution < -0.4 is 10.6 Å². The van der Waals surface area contributed by atoms with E-state index in [1.807, 2.05) is 29.3 Å². The van der Waals surface area contributed by atoms with Gasteiger partial charge in [0.25, 0.3) is 5.91 Å². The van der Waals surface area contributed by atoms with Crippen LogP contribution in [0.15, 0.2) is 49.3 Å². The normalized spacial score (nSPS) is 14.5. The number of aromatic nitrogens is 3. The summed E-state index contributed by atoms with van der Waals surface area (Å²) >= 11 is 0. The highest BCUT2D eigenvalue weighted by Gasteiger charge is 2.22. The van der Waals surface area contributed by atoms with E-state index in [1.165, 1.54) is 6.08 Å². The highest BCUT2D eigenvalue weighted by atomic mass is 16.2. The summed E-state index contributed by atoms with van der Waals surface area (Å²) in [5.41, 5.74) is 3.80. The zero-order valence-electron chi connectivity index (χ0n) is 16.8. The molecule has 8 nitrogen and oxygen atoms in total. The van der Waals surface area contributed by atoms with Crippen molar-refractivity contribution < 1.29 is 9.59 Å². The largest absolute Gasteiger partial charge is 0.366 e. The van der Waals surface area contributed by atoms with E-state index in [4.69, 9.17) is 4.98 Å². The predicted octanol–water partition coefficient (Wildman–Crippen LogP) is 2.57. The topological polar surface area (TPSA) is 103 Å². The van der Waals surface area contributed by atoms with Crippen molar-refractivity contribution in [2.45, 2.75) is 18.9 Å². The highest BCUT2D eigenvalue weighted by molar-refractivity contribution is 5.97. The van der Waals surface area contributed by atoms with Crippen molar-refractivity contribution in [3.05, 3.63) is 54.9 Å². The minimum absolute atomic E-state index is 0.0226. The molecule has 30 heavy (non-hydrogen) atoms. The van der Waals surface area contributed by atoms with Crippen molar-refractivity contribution >= 4 is 28.8 Å². The molecular formula is C22H24N6O2. The molecule has 0 saturated carbocycles. The number of anilines is 1. The van der Waals surface area contributed by atoms with Crippen molar-refractivity contribution in [1.82, 2.24) is 25.2 Å². The molecule has 2 aromatic heterocycles. The first kappa shape index (κ1) is 19.6. The zero-order chi connectivity index (χ0) is 21.1. The average Bonchev–Trinajstić information content (AvgIpc) is 3.22. The quantitative estimate of drug-likeness (QED) is 0.567. The second-order valence-corrected chi connectivity index (χ2v) is 7.26. The number of carbonyl (C=O) groups excluding carboxylic acids is 2. The molecule has 1 saturated heterocycles. The van der Waals surface area contributed by atoms with E-state index in [0.29, 0.717) is 30.1 Å². The van der Waals surface area contributed by atoms with Crippen LogP contribution in [0, 0.1) is 0 Å². The van der Waals surface area contributed by atoms with Gasteiger partial charge in [-0.15, -0.1) is 0 Å². The van der Waals surface area contributed by atoms with Crippen LogP contribution in [0.1, 0.15) is 23.2 Å². The lowest BCUT2D eigenvalue weighted by Crippen LogP contribution is -2.41. The lowest BCUT2D eigenvalue weighted by atomic mass is 10.0. The van der Waals surface area contributed by atoms with Crippen LogP contribution in [0.4, 0.5) is 5.82 Å². The number of fused-ring (bicyclic) bond motifs is 1. The standard InChI is InChI=1S/C22H24N6O2/c1-3-19(29)28-9-7-16(8-10-28)26-18-13-25-21-20(27-18)17(12-24-21)14-5-4-6-15(11-14)22(30)23-2/h3-6,11-13,16H,1,7-10H2,2H3,(H,23,30)(H,24,25)(H,26,27). The first-order valence-corrected chi connectivity index (χ1v) is 9.93. The fraction of sp³-hybridized carbons (Fsp3) is 0.273. The van der Waals surface area contributed by atoms with Gasteiger partial charge in [0.15, 0.2) is 5.65 Å².